The molecule has 0 aromatic heterocycles. The summed E-state index contributed by atoms with van der Waals surface area (Å²) in [6, 6.07) is 0. The van der Waals surface area contributed by atoms with Gasteiger partial charge in [-0.3, -0.25) is 0 Å². The maximum Gasteiger partial charge on any atom is 0.198 e. The maximum atomic E-state index is 6.09. The minimum absolute atomic E-state index is 1.55. The maximum absolute atomic E-state index is 6.09. The Balaban J connectivity index is 4.32. The van der Waals surface area contributed by atoms with Crippen molar-refractivity contribution in [2.24, 2.45) is 0 Å². The van der Waals surface area contributed by atoms with Crippen LogP contribution >= 0.6 is 0 Å². The van der Waals surface area contributed by atoms with Crippen molar-refractivity contribution < 1.29 is 4.12 Å². The van der Waals surface area contributed by atoms with E-state index in [4.69, 9.17) is 4.12 Å². The highest BCUT2D eigenvalue weighted by Crippen LogP contribution is 2.15. The molecule has 0 fully saturated rings. The number of hydrogen-bond donors (Lipinski definition) is 0. The molecule has 0 saturated heterocycles. The fourth-order valence-corrected chi connectivity index (χ4v) is 7.99. The van der Waals surface area contributed by atoms with Gasteiger partial charge in [0.25, 0.3) is 0 Å². The van der Waals surface area contributed by atoms with Crippen molar-refractivity contribution in [3.05, 3.63) is 24.1 Å². The lowest BCUT2D eigenvalue weighted by Crippen LogP contribution is -2.41. The molecule has 0 spiro atoms. The highest BCUT2D eigenvalue weighted by Gasteiger charge is 2.28. The first-order valence-corrected chi connectivity index (χ1v) is 10.3. The molecule has 0 unspecified atom stereocenters. The first-order chi connectivity index (χ1) is 5.33. The minimum Gasteiger partial charge on any atom is -0.449 e. The Morgan fingerprint density at radius 2 is 1.58 bits per heavy atom. The van der Waals surface area contributed by atoms with Crippen molar-refractivity contribution in [1.82, 2.24) is 0 Å². The van der Waals surface area contributed by atoms with Gasteiger partial charge >= 0.3 is 0 Å². The summed E-state index contributed by atoms with van der Waals surface area (Å²) in [6.45, 7) is 14.6. The van der Waals surface area contributed by atoms with Crippen LogP contribution in [0.25, 0.3) is 0 Å². The zero-order chi connectivity index (χ0) is 9.83. The van der Waals surface area contributed by atoms with Crippen LogP contribution in [0.15, 0.2) is 24.1 Å². The van der Waals surface area contributed by atoms with Gasteiger partial charge in [0.15, 0.2) is 16.6 Å². The van der Waals surface area contributed by atoms with Crippen molar-refractivity contribution in [2.45, 2.75) is 33.1 Å². The smallest absolute Gasteiger partial charge is 0.198 e. The highest BCUT2D eigenvalue weighted by atomic mass is 28.4. The van der Waals surface area contributed by atoms with Crippen molar-refractivity contribution in [1.29, 1.82) is 0 Å². The Morgan fingerprint density at radius 3 is 1.92 bits per heavy atom. The topological polar surface area (TPSA) is 9.23 Å². The van der Waals surface area contributed by atoms with Crippen molar-refractivity contribution >= 4 is 16.6 Å². The van der Waals surface area contributed by atoms with Crippen LogP contribution in [0.3, 0.4) is 0 Å². The quantitative estimate of drug-likeness (QED) is 0.633. The van der Waals surface area contributed by atoms with E-state index in [1.54, 1.807) is 0 Å². The fourth-order valence-electron chi connectivity index (χ4n) is 1.16. The monoisotopic (exact) mass is 200 g/mol. The first kappa shape index (κ1) is 11.9. The normalized spacial score (nSPS) is 13.8. The molecule has 0 radical (unpaired) electrons. The molecular formula is C9H20OSi2. The predicted octanol–water partition coefficient (Wildman–Crippen LogP) is 3.25. The zero-order valence-corrected chi connectivity index (χ0v) is 10.8. The SMILES string of the molecule is C=C[Si](C)(C)O[Si](C)(C)/C=C\C. The van der Waals surface area contributed by atoms with Crippen LogP contribution in [0.2, 0.25) is 26.2 Å². The summed E-state index contributed by atoms with van der Waals surface area (Å²) < 4.78 is 6.09. The van der Waals surface area contributed by atoms with E-state index in [0.29, 0.717) is 0 Å². The second-order valence-electron chi connectivity index (χ2n) is 4.01. The van der Waals surface area contributed by atoms with Gasteiger partial charge in [0.2, 0.25) is 0 Å². The molecule has 0 aromatic rings. The molecule has 0 rings (SSSR count). The molecule has 0 aliphatic heterocycles. The lowest BCUT2D eigenvalue weighted by atomic mass is 10.8. The molecule has 0 heterocycles. The van der Waals surface area contributed by atoms with Crippen LogP contribution in [-0.2, 0) is 4.12 Å². The molecule has 0 aromatic carbocycles. The lowest BCUT2D eigenvalue weighted by Gasteiger charge is -2.29. The van der Waals surface area contributed by atoms with Gasteiger partial charge in [-0.15, -0.1) is 6.58 Å². The summed E-state index contributed by atoms with van der Waals surface area (Å²) in [5.41, 5.74) is 4.20. The zero-order valence-electron chi connectivity index (χ0n) is 8.85. The number of allylic oxidation sites excluding steroid dienone is 1. The summed E-state index contributed by atoms with van der Waals surface area (Å²) in [5, 5.41) is 0. The molecule has 1 nitrogen and oxygen atoms in total. The van der Waals surface area contributed by atoms with Crippen LogP contribution < -0.4 is 0 Å². The second kappa shape index (κ2) is 4.21. The highest BCUT2D eigenvalue weighted by molar-refractivity contribution is 6.89. The molecule has 0 amide bonds. The van der Waals surface area contributed by atoms with Gasteiger partial charge in [0, 0.05) is 0 Å². The molecular weight excluding hydrogens is 180 g/mol. The molecule has 0 N–H and O–H groups in total. The molecule has 70 valence electrons. The van der Waals surface area contributed by atoms with Gasteiger partial charge < -0.3 is 4.12 Å². The summed E-state index contributed by atoms with van der Waals surface area (Å²) >= 11 is 0. The molecule has 0 aliphatic rings. The van der Waals surface area contributed by atoms with E-state index >= 15 is 0 Å². The van der Waals surface area contributed by atoms with Gasteiger partial charge in [-0.25, -0.2) is 0 Å². The summed E-state index contributed by atoms with van der Waals surface area (Å²) in [6.07, 6.45) is 2.08. The molecule has 0 saturated carbocycles. The first-order valence-electron chi connectivity index (χ1n) is 4.30. The van der Waals surface area contributed by atoms with Crippen LogP contribution in [0.4, 0.5) is 0 Å². The van der Waals surface area contributed by atoms with Crippen molar-refractivity contribution in [3.8, 4) is 0 Å². The Kier molecular flexibility index (Phi) is 4.16. The minimum atomic E-state index is -1.58. The molecule has 12 heavy (non-hydrogen) atoms. The van der Waals surface area contributed by atoms with E-state index in [2.05, 4.69) is 44.5 Å². The molecule has 0 atom stereocenters. The van der Waals surface area contributed by atoms with Crippen LogP contribution in [0, 0.1) is 0 Å². The van der Waals surface area contributed by atoms with Crippen molar-refractivity contribution in [3.63, 3.8) is 0 Å². The third-order valence-corrected chi connectivity index (χ3v) is 7.91. The van der Waals surface area contributed by atoms with E-state index in [9.17, 15) is 0 Å². The lowest BCUT2D eigenvalue weighted by molar-refractivity contribution is 0.571. The molecule has 3 heteroatoms. The number of rotatable bonds is 4. The number of hydrogen-bond acceptors (Lipinski definition) is 1. The van der Waals surface area contributed by atoms with E-state index in [-0.39, 0.29) is 0 Å². The van der Waals surface area contributed by atoms with Gasteiger partial charge in [-0.05, 0) is 33.1 Å². The molecule has 0 bridgehead atoms. The van der Waals surface area contributed by atoms with Gasteiger partial charge in [0.1, 0.15) is 0 Å². The fraction of sp³-hybridized carbons (Fsp3) is 0.556. The summed E-state index contributed by atoms with van der Waals surface area (Å²) in [4.78, 5) is 0. The Bertz CT molecular complexity index is 183. The van der Waals surface area contributed by atoms with E-state index in [0.717, 1.165) is 0 Å². The Hall–Kier alpha value is -0.126. The standard InChI is InChI=1S/C9H20OSi2/c1-7-9-12(5,6)10-11(3,4)8-2/h7-9H,2H2,1,3-6H3/b9-7-. The average Bonchev–Trinajstić information content (AvgIpc) is 1.85. The van der Waals surface area contributed by atoms with Crippen LogP contribution in [0.1, 0.15) is 6.92 Å². The van der Waals surface area contributed by atoms with Gasteiger partial charge in [-0.1, -0.05) is 17.5 Å². The van der Waals surface area contributed by atoms with Crippen LogP contribution in [-0.4, -0.2) is 16.6 Å². The van der Waals surface area contributed by atoms with Crippen molar-refractivity contribution in [2.75, 3.05) is 0 Å². The Labute approximate surface area is 78.4 Å². The average molecular weight is 200 g/mol. The summed E-state index contributed by atoms with van der Waals surface area (Å²) in [7, 11) is -3.13. The molecule has 0 aliphatic carbocycles. The predicted molar refractivity (Wildman–Crippen MR) is 61.1 cm³/mol. The second-order valence-corrected chi connectivity index (χ2v) is 12.0. The van der Waals surface area contributed by atoms with Gasteiger partial charge in [0.05, 0.1) is 0 Å². The summed E-state index contributed by atoms with van der Waals surface area (Å²) in [5.74, 6) is 0. The van der Waals surface area contributed by atoms with Crippen LogP contribution in [0.5, 0.6) is 0 Å². The van der Waals surface area contributed by atoms with Gasteiger partial charge in [-0.2, -0.15) is 0 Å². The van der Waals surface area contributed by atoms with E-state index in [1.165, 1.54) is 0 Å². The largest absolute Gasteiger partial charge is 0.449 e. The third kappa shape index (κ3) is 4.69. The van der Waals surface area contributed by atoms with E-state index in [1.807, 2.05) is 12.6 Å². The van der Waals surface area contributed by atoms with E-state index < -0.39 is 16.6 Å². The Morgan fingerprint density at radius 1 is 1.08 bits per heavy atom. The third-order valence-electron chi connectivity index (χ3n) is 1.59.